The topological polar surface area (TPSA) is 71.3 Å². The van der Waals surface area contributed by atoms with E-state index in [9.17, 15) is 9.59 Å². The average molecular weight is 415 g/mol. The lowest BCUT2D eigenvalue weighted by atomic mass is 10.2. The molecule has 2 amide bonds. The van der Waals surface area contributed by atoms with Gasteiger partial charge < -0.3 is 15.1 Å². The average Bonchev–Trinajstić information content (AvgIpc) is 3.23. The Balaban J connectivity index is 1.50. The van der Waals surface area contributed by atoms with E-state index in [0.29, 0.717) is 22.3 Å². The second-order valence-electron chi connectivity index (χ2n) is 5.85. The van der Waals surface area contributed by atoms with Crippen LogP contribution in [0.1, 0.15) is 21.7 Å². The monoisotopic (exact) mass is 414 g/mol. The molecule has 0 aliphatic rings. The molecule has 2 aromatic carbocycles. The highest BCUT2D eigenvalue weighted by Gasteiger charge is 2.08. The minimum atomic E-state index is -0.321. The molecule has 0 aliphatic heterocycles. The summed E-state index contributed by atoms with van der Waals surface area (Å²) >= 11 is 11.8. The van der Waals surface area contributed by atoms with E-state index in [4.69, 9.17) is 27.6 Å². The lowest BCUT2D eigenvalue weighted by molar-refractivity contribution is -0.116. The quantitative estimate of drug-likeness (QED) is 0.546. The molecule has 0 unspecified atom stereocenters. The van der Waals surface area contributed by atoms with Crippen LogP contribution >= 0.6 is 23.2 Å². The fraction of sp³-hybridized carbons (Fsp3) is 0.0476. The summed E-state index contributed by atoms with van der Waals surface area (Å²) in [4.78, 5) is 23.9. The maximum atomic E-state index is 12.0. The number of carbonyl (C=O) groups excluding carboxylic acids is 2. The van der Waals surface area contributed by atoms with Gasteiger partial charge in [-0.2, -0.15) is 0 Å². The fourth-order valence-corrected chi connectivity index (χ4v) is 2.65. The first-order chi connectivity index (χ1) is 13.5. The minimum Gasteiger partial charge on any atom is -0.459 e. The van der Waals surface area contributed by atoms with Gasteiger partial charge in [0.15, 0.2) is 5.76 Å². The van der Waals surface area contributed by atoms with Gasteiger partial charge in [0.05, 0.1) is 16.3 Å². The summed E-state index contributed by atoms with van der Waals surface area (Å²) in [6.07, 6.45) is 4.53. The normalized spacial score (nSPS) is 10.8. The van der Waals surface area contributed by atoms with Crippen molar-refractivity contribution in [2.24, 2.45) is 0 Å². The van der Waals surface area contributed by atoms with Crippen LogP contribution in [-0.4, -0.2) is 11.8 Å². The molecule has 0 aliphatic carbocycles. The maximum absolute atomic E-state index is 12.0. The number of furan rings is 1. The Kier molecular flexibility index (Phi) is 6.53. The summed E-state index contributed by atoms with van der Waals surface area (Å²) in [6, 6.07) is 15.5. The SMILES string of the molecule is O=C(/C=C/c1ccc(Cl)c(Cl)c1)NCc1ccc(NC(=O)c2ccco2)cc1. The van der Waals surface area contributed by atoms with E-state index >= 15 is 0 Å². The standard InChI is InChI=1S/C21H16Cl2N2O3/c22-17-9-5-14(12-18(17)23)6-10-20(26)24-13-15-3-7-16(8-4-15)25-21(27)19-2-1-11-28-19/h1-12H,13H2,(H,24,26)(H,25,27)/b10-6+. The number of carbonyl (C=O) groups is 2. The van der Waals surface area contributed by atoms with Crippen LogP contribution in [0.25, 0.3) is 6.08 Å². The van der Waals surface area contributed by atoms with Crippen LogP contribution in [0.4, 0.5) is 5.69 Å². The molecular formula is C21H16Cl2N2O3. The number of anilines is 1. The number of halogens is 2. The van der Waals surface area contributed by atoms with Crippen molar-refractivity contribution in [2.45, 2.75) is 6.54 Å². The fourth-order valence-electron chi connectivity index (χ4n) is 2.34. The molecule has 7 heteroatoms. The summed E-state index contributed by atoms with van der Waals surface area (Å²) in [6.45, 7) is 0.358. The summed E-state index contributed by atoms with van der Waals surface area (Å²) in [5.41, 5.74) is 2.31. The third-order valence-corrected chi connectivity index (χ3v) is 4.53. The van der Waals surface area contributed by atoms with Crippen molar-refractivity contribution in [1.82, 2.24) is 5.32 Å². The molecule has 5 nitrogen and oxygen atoms in total. The van der Waals surface area contributed by atoms with Crippen LogP contribution < -0.4 is 10.6 Å². The summed E-state index contributed by atoms with van der Waals surface area (Å²) in [5.74, 6) is -0.315. The van der Waals surface area contributed by atoms with Crippen molar-refractivity contribution < 1.29 is 14.0 Å². The Hall–Kier alpha value is -3.02. The van der Waals surface area contributed by atoms with E-state index < -0.39 is 0 Å². The third-order valence-electron chi connectivity index (χ3n) is 3.79. The first-order valence-electron chi connectivity index (χ1n) is 8.36. The summed E-state index contributed by atoms with van der Waals surface area (Å²) in [5, 5.41) is 6.42. The number of hydrogen-bond donors (Lipinski definition) is 2. The summed E-state index contributed by atoms with van der Waals surface area (Å²) in [7, 11) is 0. The van der Waals surface area contributed by atoms with E-state index in [1.165, 1.54) is 12.3 Å². The first kappa shape index (κ1) is 19.7. The Bertz CT molecular complexity index is 997. The van der Waals surface area contributed by atoms with Gasteiger partial charge >= 0.3 is 0 Å². The van der Waals surface area contributed by atoms with Crippen LogP contribution in [0, 0.1) is 0 Å². The molecule has 0 fully saturated rings. The lowest BCUT2D eigenvalue weighted by Crippen LogP contribution is -2.20. The van der Waals surface area contributed by atoms with Crippen LogP contribution in [0.15, 0.2) is 71.4 Å². The van der Waals surface area contributed by atoms with Gasteiger partial charge in [0.25, 0.3) is 5.91 Å². The van der Waals surface area contributed by atoms with Gasteiger partial charge in [-0.1, -0.05) is 41.4 Å². The molecule has 0 saturated heterocycles. The first-order valence-corrected chi connectivity index (χ1v) is 9.11. The van der Waals surface area contributed by atoms with Gasteiger partial charge in [0.1, 0.15) is 0 Å². The largest absolute Gasteiger partial charge is 0.459 e. The molecule has 0 spiro atoms. The second-order valence-corrected chi connectivity index (χ2v) is 6.67. The van der Waals surface area contributed by atoms with Crippen molar-refractivity contribution in [1.29, 1.82) is 0 Å². The molecular weight excluding hydrogens is 399 g/mol. The Morgan fingerprint density at radius 2 is 1.79 bits per heavy atom. The number of nitrogens with one attached hydrogen (secondary N) is 2. The van der Waals surface area contributed by atoms with Gasteiger partial charge in [0, 0.05) is 18.3 Å². The van der Waals surface area contributed by atoms with Gasteiger partial charge in [-0.05, 0) is 53.6 Å². The summed E-state index contributed by atoms with van der Waals surface area (Å²) < 4.78 is 5.04. The Morgan fingerprint density at radius 1 is 1.00 bits per heavy atom. The predicted molar refractivity (Wildman–Crippen MR) is 110 cm³/mol. The van der Waals surface area contributed by atoms with E-state index in [1.807, 2.05) is 12.1 Å². The molecule has 28 heavy (non-hydrogen) atoms. The smallest absolute Gasteiger partial charge is 0.291 e. The number of benzene rings is 2. The maximum Gasteiger partial charge on any atom is 0.291 e. The predicted octanol–water partition coefficient (Wildman–Crippen LogP) is 5.17. The lowest BCUT2D eigenvalue weighted by Gasteiger charge is -2.06. The van der Waals surface area contributed by atoms with Gasteiger partial charge in [-0.3, -0.25) is 9.59 Å². The number of hydrogen-bond acceptors (Lipinski definition) is 3. The minimum absolute atomic E-state index is 0.235. The van der Waals surface area contributed by atoms with Crippen molar-refractivity contribution in [3.8, 4) is 0 Å². The van der Waals surface area contributed by atoms with Crippen molar-refractivity contribution >= 4 is 46.8 Å². The van der Waals surface area contributed by atoms with Crippen LogP contribution in [-0.2, 0) is 11.3 Å². The molecule has 142 valence electrons. The van der Waals surface area contributed by atoms with E-state index in [-0.39, 0.29) is 17.6 Å². The Labute approximate surface area is 172 Å². The molecule has 0 saturated carbocycles. The van der Waals surface area contributed by atoms with Crippen molar-refractivity contribution in [2.75, 3.05) is 5.32 Å². The van der Waals surface area contributed by atoms with Crippen molar-refractivity contribution in [3.05, 3.63) is 93.9 Å². The molecule has 2 N–H and O–H groups in total. The van der Waals surface area contributed by atoms with E-state index in [2.05, 4.69) is 10.6 Å². The molecule has 1 aromatic heterocycles. The molecule has 0 atom stereocenters. The number of amides is 2. The molecule has 1 heterocycles. The second kappa shape index (κ2) is 9.26. The zero-order valence-electron chi connectivity index (χ0n) is 14.6. The van der Waals surface area contributed by atoms with E-state index in [0.717, 1.165) is 11.1 Å². The molecule has 3 aromatic rings. The zero-order valence-corrected chi connectivity index (χ0v) is 16.1. The highest BCUT2D eigenvalue weighted by Crippen LogP contribution is 2.23. The van der Waals surface area contributed by atoms with Crippen LogP contribution in [0.2, 0.25) is 10.0 Å². The van der Waals surface area contributed by atoms with Crippen molar-refractivity contribution in [3.63, 3.8) is 0 Å². The Morgan fingerprint density at radius 3 is 2.46 bits per heavy atom. The molecule has 3 rings (SSSR count). The number of rotatable bonds is 6. The van der Waals surface area contributed by atoms with Gasteiger partial charge in [0.2, 0.25) is 5.91 Å². The third kappa shape index (κ3) is 5.49. The molecule has 0 bridgehead atoms. The van der Waals surface area contributed by atoms with Gasteiger partial charge in [-0.15, -0.1) is 0 Å². The molecule has 0 radical (unpaired) electrons. The highest BCUT2D eigenvalue weighted by molar-refractivity contribution is 6.42. The van der Waals surface area contributed by atoms with Gasteiger partial charge in [-0.25, -0.2) is 0 Å². The zero-order chi connectivity index (χ0) is 19.9. The van der Waals surface area contributed by atoms with E-state index in [1.54, 1.807) is 48.5 Å². The highest BCUT2D eigenvalue weighted by atomic mass is 35.5. The van der Waals surface area contributed by atoms with Crippen LogP contribution in [0.3, 0.4) is 0 Å². The van der Waals surface area contributed by atoms with Crippen LogP contribution in [0.5, 0.6) is 0 Å².